The summed E-state index contributed by atoms with van der Waals surface area (Å²) in [6.45, 7) is 3.26. The molecule has 1 aliphatic carbocycles. The summed E-state index contributed by atoms with van der Waals surface area (Å²) in [6.07, 6.45) is 34.4. The fourth-order valence-corrected chi connectivity index (χ4v) is 6.88. The molecule has 5 N–H and O–H groups in total. The third-order valence-electron chi connectivity index (χ3n) is 9.62. The molecule has 1 fully saturated rings. The van der Waals surface area contributed by atoms with Gasteiger partial charge in [0.15, 0.2) is 6.10 Å². The molecule has 0 bridgehead atoms. The molecular weight excluding hydrogens is 723 g/mol. The molecule has 0 aromatic rings. The smallest absolute Gasteiger partial charge is 0.462 e. The number of rotatable bonds is 33. The van der Waals surface area contributed by atoms with Crippen molar-refractivity contribution in [3.05, 3.63) is 60.8 Å². The molecule has 6 atom stereocenters. The Labute approximate surface area is 331 Å². The summed E-state index contributed by atoms with van der Waals surface area (Å²) >= 11 is 0. The van der Waals surface area contributed by atoms with Crippen LogP contribution in [0.15, 0.2) is 60.8 Å². The maximum Gasteiger partial charge on any atom is 0.469 e. The molecule has 0 aliphatic heterocycles. The Morgan fingerprint density at radius 1 is 0.727 bits per heavy atom. The van der Waals surface area contributed by atoms with Gasteiger partial charge in [-0.05, 0) is 70.1 Å². The molecule has 1 saturated carbocycles. The summed E-state index contributed by atoms with van der Waals surface area (Å²) in [7, 11) is -4.82. The second-order valence-electron chi connectivity index (χ2n) is 14.5. The van der Waals surface area contributed by atoms with Gasteiger partial charge >= 0.3 is 19.8 Å². The van der Waals surface area contributed by atoms with Crippen LogP contribution in [0.4, 0.5) is 0 Å². The topological polar surface area (TPSA) is 180 Å². The van der Waals surface area contributed by atoms with Crippen LogP contribution in [0.2, 0.25) is 0 Å². The molecule has 55 heavy (non-hydrogen) atoms. The third kappa shape index (κ3) is 28.6. The standard InChI is InChI=1S/C43H73O11P/c1-3-5-7-8-9-10-11-12-13-14-15-16-17-18-19-20-26-30-43(48)54-37(35-53-55(49,50)51)34-52-42(47)29-25-22-21-24-28-38-39(41(46)33-40(38)45)32-31-36(44)27-23-6-4-2/h5,7,9-10,12-13,15-16,31-32,36-41,44-46H,3-4,6,8,11,14,17-30,33-35H2,1-2H3,(H2,49,50,51)/b7-5-,10-9-,13-12-,16-15-,32-31+/t36-,37+,38+,39+,40-,41+/m0/s1. The van der Waals surface area contributed by atoms with Crippen LogP contribution in [-0.4, -0.2) is 74.7 Å². The summed E-state index contributed by atoms with van der Waals surface area (Å²) in [4.78, 5) is 43.1. The molecule has 0 heterocycles. The number of phosphoric ester groups is 1. The molecule has 0 unspecified atom stereocenters. The van der Waals surface area contributed by atoms with Gasteiger partial charge in [0.2, 0.25) is 0 Å². The zero-order chi connectivity index (χ0) is 40.6. The van der Waals surface area contributed by atoms with E-state index in [4.69, 9.17) is 19.3 Å². The van der Waals surface area contributed by atoms with Crippen molar-refractivity contribution in [1.29, 1.82) is 0 Å². The molecule has 1 rings (SSSR count). The number of ether oxygens (including phenoxy) is 2. The highest BCUT2D eigenvalue weighted by atomic mass is 31.2. The molecule has 0 saturated heterocycles. The van der Waals surface area contributed by atoms with E-state index in [9.17, 15) is 29.5 Å². The normalized spacial score (nSPS) is 20.5. The lowest BCUT2D eigenvalue weighted by Crippen LogP contribution is -2.29. The molecule has 11 nitrogen and oxygen atoms in total. The van der Waals surface area contributed by atoms with Crippen LogP contribution in [0.3, 0.4) is 0 Å². The van der Waals surface area contributed by atoms with Gasteiger partial charge in [-0.3, -0.25) is 14.1 Å². The van der Waals surface area contributed by atoms with Crippen LogP contribution in [0.1, 0.15) is 149 Å². The maximum absolute atomic E-state index is 12.4. The monoisotopic (exact) mass is 796 g/mol. The first-order valence-corrected chi connectivity index (χ1v) is 22.4. The number of allylic oxidation sites excluding steroid dienone is 8. The predicted molar refractivity (Wildman–Crippen MR) is 218 cm³/mol. The Kier molecular flexibility index (Phi) is 30.1. The average molecular weight is 797 g/mol. The first kappa shape index (κ1) is 50.6. The van der Waals surface area contributed by atoms with E-state index < -0.39 is 50.8 Å². The van der Waals surface area contributed by atoms with E-state index in [2.05, 4.69) is 67.0 Å². The number of carbonyl (C=O) groups is 2. The van der Waals surface area contributed by atoms with E-state index in [0.717, 1.165) is 96.3 Å². The first-order chi connectivity index (χ1) is 26.5. The van der Waals surface area contributed by atoms with Crippen LogP contribution in [-0.2, 0) is 28.2 Å². The molecule has 316 valence electrons. The van der Waals surface area contributed by atoms with Crippen molar-refractivity contribution >= 4 is 19.8 Å². The van der Waals surface area contributed by atoms with E-state index in [-0.39, 0.29) is 31.3 Å². The quantitative estimate of drug-likeness (QED) is 0.0185. The molecule has 12 heteroatoms. The highest BCUT2D eigenvalue weighted by Gasteiger charge is 2.39. The van der Waals surface area contributed by atoms with Crippen molar-refractivity contribution in [3.8, 4) is 0 Å². The second-order valence-corrected chi connectivity index (χ2v) is 15.8. The van der Waals surface area contributed by atoms with Crippen LogP contribution >= 0.6 is 7.82 Å². The predicted octanol–water partition coefficient (Wildman–Crippen LogP) is 8.89. The maximum atomic E-state index is 12.4. The number of aliphatic hydroxyl groups excluding tert-OH is 3. The average Bonchev–Trinajstić information content (AvgIpc) is 3.41. The number of esters is 2. The molecule has 0 amide bonds. The Morgan fingerprint density at radius 2 is 1.33 bits per heavy atom. The van der Waals surface area contributed by atoms with Gasteiger partial charge < -0.3 is 34.6 Å². The van der Waals surface area contributed by atoms with Gasteiger partial charge in [-0.15, -0.1) is 0 Å². The summed E-state index contributed by atoms with van der Waals surface area (Å²) in [5.41, 5.74) is 0. The zero-order valence-electron chi connectivity index (χ0n) is 33.6. The summed E-state index contributed by atoms with van der Waals surface area (Å²) in [6, 6.07) is 0. The van der Waals surface area contributed by atoms with Crippen molar-refractivity contribution in [1.82, 2.24) is 0 Å². The van der Waals surface area contributed by atoms with E-state index >= 15 is 0 Å². The Bertz CT molecular complexity index is 1190. The van der Waals surface area contributed by atoms with Crippen LogP contribution in [0.5, 0.6) is 0 Å². The first-order valence-electron chi connectivity index (χ1n) is 20.8. The van der Waals surface area contributed by atoms with Gasteiger partial charge in [0.25, 0.3) is 0 Å². The number of carbonyl (C=O) groups excluding carboxylic acids is 2. The van der Waals surface area contributed by atoms with Crippen LogP contribution in [0.25, 0.3) is 0 Å². The SMILES string of the molecule is CC/C=C\C/C=C\C/C=C\C/C=C\CCCCCCC(=O)O[C@H](COC(=O)CCCCCC[C@@H]1[C@@H](/C=C/[C@@H](O)CCCCC)[C@H](O)C[C@@H]1O)COP(=O)(O)O. The minimum Gasteiger partial charge on any atom is -0.462 e. The van der Waals surface area contributed by atoms with Gasteiger partial charge in [-0.1, -0.05) is 126 Å². The van der Waals surface area contributed by atoms with E-state index in [1.165, 1.54) is 0 Å². The number of hydrogen-bond donors (Lipinski definition) is 5. The van der Waals surface area contributed by atoms with Crippen molar-refractivity contribution in [2.75, 3.05) is 13.2 Å². The van der Waals surface area contributed by atoms with Gasteiger partial charge in [0, 0.05) is 25.2 Å². The number of unbranched alkanes of at least 4 members (excludes halogenated alkanes) is 9. The van der Waals surface area contributed by atoms with Gasteiger partial charge in [0.05, 0.1) is 24.9 Å². The van der Waals surface area contributed by atoms with Crippen molar-refractivity contribution in [2.24, 2.45) is 11.8 Å². The molecule has 0 aromatic heterocycles. The van der Waals surface area contributed by atoms with Crippen LogP contribution < -0.4 is 0 Å². The molecule has 0 spiro atoms. The molecule has 0 aromatic carbocycles. The Morgan fingerprint density at radius 3 is 1.96 bits per heavy atom. The fraction of sp³-hybridized carbons (Fsp3) is 0.721. The number of hydrogen-bond acceptors (Lipinski definition) is 9. The summed E-state index contributed by atoms with van der Waals surface area (Å²) < 4.78 is 26.4. The number of phosphoric acid groups is 1. The summed E-state index contributed by atoms with van der Waals surface area (Å²) in [5.74, 6) is -1.34. The third-order valence-corrected chi connectivity index (χ3v) is 10.1. The Hall–Kier alpha value is -2.37. The second kappa shape index (κ2) is 32.7. The van der Waals surface area contributed by atoms with Crippen molar-refractivity contribution < 1.29 is 53.3 Å². The molecule has 1 aliphatic rings. The molecule has 0 radical (unpaired) electrons. The highest BCUT2D eigenvalue weighted by Crippen LogP contribution is 2.38. The van der Waals surface area contributed by atoms with Crippen molar-refractivity contribution in [3.63, 3.8) is 0 Å². The lowest BCUT2D eigenvalue weighted by molar-refractivity contribution is -0.161. The largest absolute Gasteiger partial charge is 0.469 e. The van der Waals surface area contributed by atoms with Gasteiger partial charge in [-0.2, -0.15) is 0 Å². The lowest BCUT2D eigenvalue weighted by atomic mass is 9.88. The number of aliphatic hydroxyl groups is 3. The minimum atomic E-state index is -4.82. The van der Waals surface area contributed by atoms with Gasteiger partial charge in [-0.25, -0.2) is 4.57 Å². The van der Waals surface area contributed by atoms with Gasteiger partial charge in [0.1, 0.15) is 6.61 Å². The fourth-order valence-electron chi connectivity index (χ4n) is 6.52. The summed E-state index contributed by atoms with van der Waals surface area (Å²) in [5, 5.41) is 31.2. The van der Waals surface area contributed by atoms with E-state index in [1.807, 2.05) is 6.08 Å². The molecular formula is C43H73O11P. The Balaban J connectivity index is 2.28. The van der Waals surface area contributed by atoms with E-state index in [0.29, 0.717) is 25.7 Å². The van der Waals surface area contributed by atoms with Crippen molar-refractivity contribution in [2.45, 2.75) is 173 Å². The van der Waals surface area contributed by atoms with Crippen LogP contribution in [0, 0.1) is 11.8 Å². The minimum absolute atomic E-state index is 0.0873. The lowest BCUT2D eigenvalue weighted by Gasteiger charge is -2.21. The zero-order valence-corrected chi connectivity index (χ0v) is 34.5. The highest BCUT2D eigenvalue weighted by molar-refractivity contribution is 7.46. The van der Waals surface area contributed by atoms with E-state index in [1.54, 1.807) is 6.08 Å².